The largest absolute Gasteiger partial charge is 0.416 e. The molecule has 0 unspecified atom stereocenters. The predicted octanol–water partition coefficient (Wildman–Crippen LogP) is 1.34. The van der Waals surface area contributed by atoms with Gasteiger partial charge in [0.2, 0.25) is 27.6 Å². The molecule has 1 amide bonds. The minimum absolute atomic E-state index is 0.0330. The van der Waals surface area contributed by atoms with Crippen LogP contribution in [0.25, 0.3) is 11.6 Å². The molecular weight excluding hydrogens is 467 g/mol. The van der Waals surface area contributed by atoms with Crippen molar-refractivity contribution in [1.29, 1.82) is 0 Å². The third kappa shape index (κ3) is 5.03. The molecule has 0 saturated carbocycles. The molecule has 0 atom stereocenters. The molecule has 1 aliphatic rings. The van der Waals surface area contributed by atoms with Gasteiger partial charge in [0.25, 0.3) is 0 Å². The van der Waals surface area contributed by atoms with Crippen LogP contribution < -0.4 is 0 Å². The number of alkyl halides is 3. The topological polar surface area (TPSA) is 138 Å². The Balaban J connectivity index is 1.30. The lowest BCUT2D eigenvalue weighted by molar-refractivity contribution is -0.137. The molecule has 1 saturated heterocycles. The van der Waals surface area contributed by atoms with Crippen LogP contribution in [0, 0.1) is 0 Å². The van der Waals surface area contributed by atoms with Gasteiger partial charge in [0.1, 0.15) is 6.33 Å². The van der Waals surface area contributed by atoms with E-state index in [1.165, 1.54) is 11.2 Å². The molecule has 176 valence electrons. The highest BCUT2D eigenvalue weighted by Crippen LogP contribution is 2.30. The van der Waals surface area contributed by atoms with Gasteiger partial charge < -0.3 is 9.42 Å². The molecule has 0 bridgehead atoms. The maximum Gasteiger partial charge on any atom is 0.416 e. The van der Waals surface area contributed by atoms with E-state index in [9.17, 15) is 26.4 Å². The SMILES string of the molecule is O=C(CCc1nc(-c2ncn[nH]2)no1)N1CCN(S(=O)(=O)c2ccc(C(F)(F)F)cc2)CC1. The maximum atomic E-state index is 12.7. The fourth-order valence-electron chi connectivity index (χ4n) is 3.28. The normalized spacial score (nSPS) is 15.7. The number of sulfonamides is 1. The summed E-state index contributed by atoms with van der Waals surface area (Å²) in [6, 6.07) is 3.34. The molecule has 2 aromatic heterocycles. The number of carbonyl (C=O) groups excluding carboxylic acids is 1. The Morgan fingerprint density at radius 1 is 1.12 bits per heavy atom. The first-order valence-corrected chi connectivity index (χ1v) is 11.2. The average molecular weight is 485 g/mol. The van der Waals surface area contributed by atoms with Crippen molar-refractivity contribution in [2.45, 2.75) is 23.9 Å². The number of carbonyl (C=O) groups is 1. The number of aromatic nitrogens is 5. The van der Waals surface area contributed by atoms with Gasteiger partial charge in [-0.25, -0.2) is 13.4 Å². The summed E-state index contributed by atoms with van der Waals surface area (Å²) in [4.78, 5) is 21.8. The van der Waals surface area contributed by atoms with E-state index in [-0.39, 0.29) is 61.5 Å². The number of aromatic amines is 1. The molecule has 1 aliphatic heterocycles. The first-order valence-electron chi connectivity index (χ1n) is 9.78. The van der Waals surface area contributed by atoms with Gasteiger partial charge in [-0.3, -0.25) is 9.89 Å². The summed E-state index contributed by atoms with van der Waals surface area (Å²) < 4.78 is 69.8. The minimum Gasteiger partial charge on any atom is -0.340 e. The van der Waals surface area contributed by atoms with Crippen molar-refractivity contribution in [1.82, 2.24) is 34.5 Å². The van der Waals surface area contributed by atoms with Crippen LogP contribution in [0.1, 0.15) is 17.9 Å². The van der Waals surface area contributed by atoms with Gasteiger partial charge in [-0.15, -0.1) is 0 Å². The molecular formula is C18H18F3N7O4S. The molecule has 33 heavy (non-hydrogen) atoms. The van der Waals surface area contributed by atoms with Crippen molar-refractivity contribution < 1.29 is 30.9 Å². The van der Waals surface area contributed by atoms with Crippen molar-refractivity contribution in [2.75, 3.05) is 26.2 Å². The summed E-state index contributed by atoms with van der Waals surface area (Å²) in [5.74, 6) is 0.595. The number of piperazine rings is 1. The third-order valence-electron chi connectivity index (χ3n) is 5.06. The van der Waals surface area contributed by atoms with E-state index in [0.29, 0.717) is 5.82 Å². The fraction of sp³-hybridized carbons (Fsp3) is 0.389. The summed E-state index contributed by atoms with van der Waals surface area (Å²) in [5, 5.41) is 10.0. The van der Waals surface area contributed by atoms with Crippen molar-refractivity contribution in [2.24, 2.45) is 0 Å². The van der Waals surface area contributed by atoms with Crippen LogP contribution in [-0.4, -0.2) is 75.0 Å². The average Bonchev–Trinajstić information content (AvgIpc) is 3.49. The Morgan fingerprint density at radius 2 is 1.82 bits per heavy atom. The molecule has 0 spiro atoms. The molecule has 11 nitrogen and oxygen atoms in total. The number of H-pyrrole nitrogens is 1. The standard InChI is InChI=1S/C18H18F3N7O4S/c19-18(20,21)12-1-3-13(4-2-12)33(30,31)28-9-7-27(8-10-28)15(29)6-5-14-24-17(26-32-14)16-22-11-23-25-16/h1-4,11H,5-10H2,(H,22,23,25). The molecule has 0 aliphatic carbocycles. The highest BCUT2D eigenvalue weighted by atomic mass is 32.2. The van der Waals surface area contributed by atoms with Crippen LogP contribution in [0.2, 0.25) is 0 Å². The number of hydrogen-bond acceptors (Lipinski definition) is 8. The van der Waals surface area contributed by atoms with Crippen LogP contribution in [0.4, 0.5) is 13.2 Å². The number of hydrogen-bond donors (Lipinski definition) is 1. The highest BCUT2D eigenvalue weighted by Gasteiger charge is 2.33. The van der Waals surface area contributed by atoms with Gasteiger partial charge in [-0.2, -0.15) is 27.6 Å². The second-order valence-corrected chi connectivity index (χ2v) is 9.09. The van der Waals surface area contributed by atoms with E-state index in [0.717, 1.165) is 28.6 Å². The fourth-order valence-corrected chi connectivity index (χ4v) is 4.70. The number of benzene rings is 1. The first-order chi connectivity index (χ1) is 15.6. The first kappa shape index (κ1) is 22.8. The number of halogens is 3. The lowest BCUT2D eigenvalue weighted by Crippen LogP contribution is -2.50. The number of aryl methyl sites for hydroxylation is 1. The Morgan fingerprint density at radius 3 is 2.42 bits per heavy atom. The zero-order chi connectivity index (χ0) is 23.6. The summed E-state index contributed by atoms with van der Waals surface area (Å²) in [5.41, 5.74) is -0.925. The lowest BCUT2D eigenvalue weighted by Gasteiger charge is -2.34. The Bertz CT molecular complexity index is 1200. The number of nitrogens with one attached hydrogen (secondary N) is 1. The Hall–Kier alpha value is -3.33. The van der Waals surface area contributed by atoms with E-state index < -0.39 is 21.8 Å². The second kappa shape index (κ2) is 8.90. The zero-order valence-corrected chi connectivity index (χ0v) is 17.8. The van der Waals surface area contributed by atoms with Gasteiger partial charge in [0.15, 0.2) is 5.82 Å². The number of nitrogens with zero attached hydrogens (tertiary/aromatic N) is 6. The molecule has 1 fully saturated rings. The number of rotatable bonds is 6. The molecule has 3 aromatic rings. The Labute approximate surface area is 185 Å². The molecule has 1 aromatic carbocycles. The Kier molecular flexibility index (Phi) is 6.16. The van der Waals surface area contributed by atoms with E-state index in [2.05, 4.69) is 25.3 Å². The van der Waals surface area contributed by atoms with E-state index in [4.69, 9.17) is 4.52 Å². The molecule has 3 heterocycles. The van der Waals surface area contributed by atoms with Crippen LogP contribution in [0.15, 0.2) is 40.0 Å². The van der Waals surface area contributed by atoms with E-state index in [1.54, 1.807) is 0 Å². The van der Waals surface area contributed by atoms with Gasteiger partial charge in [-0.1, -0.05) is 5.16 Å². The predicted molar refractivity (Wildman–Crippen MR) is 105 cm³/mol. The molecule has 15 heteroatoms. The maximum absolute atomic E-state index is 12.7. The zero-order valence-electron chi connectivity index (χ0n) is 17.0. The van der Waals surface area contributed by atoms with Gasteiger partial charge >= 0.3 is 6.18 Å². The summed E-state index contributed by atoms with van der Waals surface area (Å²) in [6.07, 6.45) is -2.97. The van der Waals surface area contributed by atoms with Gasteiger partial charge in [0.05, 0.1) is 10.5 Å². The molecule has 0 radical (unpaired) electrons. The van der Waals surface area contributed by atoms with Crippen LogP contribution in [0.5, 0.6) is 0 Å². The van der Waals surface area contributed by atoms with Crippen LogP contribution >= 0.6 is 0 Å². The lowest BCUT2D eigenvalue weighted by atomic mass is 10.2. The monoisotopic (exact) mass is 485 g/mol. The minimum atomic E-state index is -4.55. The van der Waals surface area contributed by atoms with Gasteiger partial charge in [0, 0.05) is 39.0 Å². The van der Waals surface area contributed by atoms with Gasteiger partial charge in [-0.05, 0) is 24.3 Å². The molecule has 4 rings (SSSR count). The number of amides is 1. The quantitative estimate of drug-likeness (QED) is 0.552. The van der Waals surface area contributed by atoms with Crippen LogP contribution in [-0.2, 0) is 27.4 Å². The van der Waals surface area contributed by atoms with Crippen molar-refractivity contribution in [3.8, 4) is 11.6 Å². The van der Waals surface area contributed by atoms with E-state index >= 15 is 0 Å². The van der Waals surface area contributed by atoms with Crippen molar-refractivity contribution >= 4 is 15.9 Å². The van der Waals surface area contributed by atoms with Crippen molar-refractivity contribution in [3.05, 3.63) is 42.0 Å². The van der Waals surface area contributed by atoms with E-state index in [1.807, 2.05) is 0 Å². The smallest absolute Gasteiger partial charge is 0.340 e. The van der Waals surface area contributed by atoms with Crippen LogP contribution in [0.3, 0.4) is 0 Å². The third-order valence-corrected chi connectivity index (χ3v) is 6.97. The molecule has 1 N–H and O–H groups in total. The van der Waals surface area contributed by atoms with Crippen molar-refractivity contribution in [3.63, 3.8) is 0 Å². The summed E-state index contributed by atoms with van der Waals surface area (Å²) >= 11 is 0. The second-order valence-electron chi connectivity index (χ2n) is 7.15. The highest BCUT2D eigenvalue weighted by molar-refractivity contribution is 7.89. The summed E-state index contributed by atoms with van der Waals surface area (Å²) in [6.45, 7) is 0.383. The summed E-state index contributed by atoms with van der Waals surface area (Å²) in [7, 11) is -3.97.